The number of rotatable bonds is 3. The number of benzene rings is 2. The lowest BCUT2D eigenvalue weighted by atomic mass is 9.97. The first-order chi connectivity index (χ1) is 11.5. The Balaban J connectivity index is 2.20. The lowest BCUT2D eigenvalue weighted by Gasteiger charge is -2.37. The van der Waals surface area contributed by atoms with Crippen molar-refractivity contribution in [1.82, 2.24) is 0 Å². The van der Waals surface area contributed by atoms with Crippen LogP contribution in [0.4, 0.5) is 5.69 Å². The van der Waals surface area contributed by atoms with Gasteiger partial charge in [-0.2, -0.15) is 5.26 Å². The quantitative estimate of drug-likeness (QED) is 0.854. The molecule has 0 fully saturated rings. The summed E-state index contributed by atoms with van der Waals surface area (Å²) in [5.41, 5.74) is 2.83. The van der Waals surface area contributed by atoms with Crippen LogP contribution in [-0.4, -0.2) is 14.5 Å². The largest absolute Gasteiger partial charge is 0.264 e. The molecule has 2 aromatic rings. The summed E-state index contributed by atoms with van der Waals surface area (Å²) in [5.74, 6) is 0. The van der Waals surface area contributed by atoms with Crippen LogP contribution in [0.5, 0.6) is 0 Å². The van der Waals surface area contributed by atoms with Crippen molar-refractivity contribution in [2.75, 3.05) is 4.31 Å². The lowest BCUT2D eigenvalue weighted by molar-refractivity contribution is 0.537. The Kier molecular flexibility index (Phi) is 4.33. The van der Waals surface area contributed by atoms with E-state index in [1.807, 2.05) is 37.3 Å². The molecule has 124 valence electrons. The third-order valence-electron chi connectivity index (χ3n) is 4.63. The van der Waals surface area contributed by atoms with E-state index in [0.29, 0.717) is 11.1 Å². The summed E-state index contributed by atoms with van der Waals surface area (Å²) in [7, 11) is -3.72. The van der Waals surface area contributed by atoms with Crippen LogP contribution in [0, 0.1) is 18.3 Å². The average molecular weight is 340 g/mol. The van der Waals surface area contributed by atoms with E-state index >= 15 is 0 Å². The molecule has 2 aromatic carbocycles. The van der Waals surface area contributed by atoms with Gasteiger partial charge in [-0.1, -0.05) is 31.2 Å². The summed E-state index contributed by atoms with van der Waals surface area (Å²) in [5, 5.41) is 9.13. The molecule has 0 aromatic heterocycles. The van der Waals surface area contributed by atoms with Gasteiger partial charge in [-0.15, -0.1) is 0 Å². The standard InChI is InChI=1S/C19H20N2O2S/c1-3-17-11-10-16-6-4-5-7-18(16)21(17)24(22,23)19-12-15(13-20)9-8-14(19)2/h4-9,12,17H,3,10-11H2,1-2H3/t17-/m1/s1. The SMILES string of the molecule is CC[C@@H]1CCc2ccccc2N1S(=O)(=O)c1cc(C#N)ccc1C. The number of anilines is 1. The second-order valence-corrected chi connectivity index (χ2v) is 7.91. The van der Waals surface area contributed by atoms with Gasteiger partial charge in [-0.3, -0.25) is 4.31 Å². The van der Waals surface area contributed by atoms with Crippen molar-refractivity contribution in [3.05, 3.63) is 59.2 Å². The highest BCUT2D eigenvalue weighted by Gasteiger charge is 2.35. The Morgan fingerprint density at radius 3 is 2.71 bits per heavy atom. The van der Waals surface area contributed by atoms with Gasteiger partial charge in [0.25, 0.3) is 10.0 Å². The van der Waals surface area contributed by atoms with Crippen LogP contribution in [0.2, 0.25) is 0 Å². The molecular weight excluding hydrogens is 320 g/mol. The molecule has 0 aliphatic carbocycles. The van der Waals surface area contributed by atoms with E-state index in [4.69, 9.17) is 5.26 Å². The van der Waals surface area contributed by atoms with Crippen molar-refractivity contribution in [2.24, 2.45) is 0 Å². The van der Waals surface area contributed by atoms with E-state index < -0.39 is 10.0 Å². The van der Waals surface area contributed by atoms with Crippen molar-refractivity contribution in [3.63, 3.8) is 0 Å². The molecule has 0 saturated carbocycles. The van der Waals surface area contributed by atoms with Crippen molar-refractivity contribution in [3.8, 4) is 6.07 Å². The summed E-state index contributed by atoms with van der Waals surface area (Å²) in [6.45, 7) is 3.78. The molecule has 1 aliphatic heterocycles. The van der Waals surface area contributed by atoms with Gasteiger partial charge in [-0.05, 0) is 55.5 Å². The zero-order valence-electron chi connectivity index (χ0n) is 13.9. The zero-order valence-corrected chi connectivity index (χ0v) is 14.7. The molecule has 24 heavy (non-hydrogen) atoms. The Labute approximate surface area is 143 Å². The normalized spacial score (nSPS) is 17.2. The topological polar surface area (TPSA) is 61.2 Å². The Bertz CT molecular complexity index is 913. The van der Waals surface area contributed by atoms with Gasteiger partial charge in [0.2, 0.25) is 0 Å². The van der Waals surface area contributed by atoms with Crippen LogP contribution in [0.1, 0.15) is 36.5 Å². The lowest BCUT2D eigenvalue weighted by Crippen LogP contribution is -2.43. The summed E-state index contributed by atoms with van der Waals surface area (Å²) < 4.78 is 28.4. The number of aryl methyl sites for hydroxylation is 2. The highest BCUT2D eigenvalue weighted by Crippen LogP contribution is 2.37. The first kappa shape index (κ1) is 16.5. The van der Waals surface area contributed by atoms with E-state index in [1.165, 1.54) is 6.07 Å². The molecule has 1 atom stereocenters. The van der Waals surface area contributed by atoms with Crippen molar-refractivity contribution in [2.45, 2.75) is 44.0 Å². The average Bonchev–Trinajstić information content (AvgIpc) is 2.60. The van der Waals surface area contributed by atoms with Crippen LogP contribution in [0.15, 0.2) is 47.4 Å². The van der Waals surface area contributed by atoms with E-state index in [2.05, 4.69) is 0 Å². The number of hydrogen-bond acceptors (Lipinski definition) is 3. The zero-order chi connectivity index (χ0) is 17.3. The molecule has 0 unspecified atom stereocenters. The van der Waals surface area contributed by atoms with Crippen molar-refractivity contribution in [1.29, 1.82) is 5.26 Å². The first-order valence-corrected chi connectivity index (χ1v) is 9.56. The van der Waals surface area contributed by atoms with Gasteiger partial charge in [0.1, 0.15) is 0 Å². The third kappa shape index (κ3) is 2.67. The van der Waals surface area contributed by atoms with Gasteiger partial charge >= 0.3 is 0 Å². The van der Waals surface area contributed by atoms with Crippen molar-refractivity contribution >= 4 is 15.7 Å². The number of hydrogen-bond donors (Lipinski definition) is 0. The summed E-state index contributed by atoms with van der Waals surface area (Å²) >= 11 is 0. The number of nitrogens with zero attached hydrogens (tertiary/aromatic N) is 2. The monoisotopic (exact) mass is 340 g/mol. The van der Waals surface area contributed by atoms with Gasteiger partial charge in [0.05, 0.1) is 22.2 Å². The van der Waals surface area contributed by atoms with E-state index in [1.54, 1.807) is 23.4 Å². The fourth-order valence-electron chi connectivity index (χ4n) is 3.32. The predicted molar refractivity (Wildman–Crippen MR) is 94.4 cm³/mol. The van der Waals surface area contributed by atoms with Crippen molar-refractivity contribution < 1.29 is 8.42 Å². The second-order valence-electron chi connectivity index (χ2n) is 6.12. The van der Waals surface area contributed by atoms with E-state index in [0.717, 1.165) is 30.5 Å². The molecule has 0 radical (unpaired) electrons. The highest BCUT2D eigenvalue weighted by atomic mass is 32.2. The van der Waals surface area contributed by atoms with E-state index in [9.17, 15) is 8.42 Å². The molecule has 0 amide bonds. The molecule has 1 heterocycles. The van der Waals surface area contributed by atoms with Gasteiger partial charge < -0.3 is 0 Å². The maximum absolute atomic E-state index is 13.4. The van der Waals surface area contributed by atoms with E-state index in [-0.39, 0.29) is 10.9 Å². The Hall–Kier alpha value is -2.32. The second kappa shape index (κ2) is 6.29. The van der Waals surface area contributed by atoms with Crippen LogP contribution >= 0.6 is 0 Å². The molecule has 4 nitrogen and oxygen atoms in total. The van der Waals surface area contributed by atoms with Crippen LogP contribution in [0.25, 0.3) is 0 Å². The molecule has 0 bridgehead atoms. The first-order valence-electron chi connectivity index (χ1n) is 8.12. The molecule has 5 heteroatoms. The Morgan fingerprint density at radius 2 is 2.00 bits per heavy atom. The fourth-order valence-corrected chi connectivity index (χ4v) is 5.37. The molecule has 0 spiro atoms. The van der Waals surface area contributed by atoms with Gasteiger partial charge in [0, 0.05) is 6.04 Å². The van der Waals surface area contributed by atoms with Crippen LogP contribution < -0.4 is 4.31 Å². The summed E-state index contributed by atoms with van der Waals surface area (Å²) in [6, 6.07) is 14.5. The maximum atomic E-state index is 13.4. The maximum Gasteiger partial charge on any atom is 0.264 e. The minimum atomic E-state index is -3.72. The predicted octanol–water partition coefficient (Wildman–Crippen LogP) is 3.79. The number of nitriles is 1. The molecule has 1 aliphatic rings. The van der Waals surface area contributed by atoms with Gasteiger partial charge in [0.15, 0.2) is 0 Å². The molecule has 0 N–H and O–H groups in total. The molecular formula is C19H20N2O2S. The van der Waals surface area contributed by atoms with Crippen LogP contribution in [-0.2, 0) is 16.4 Å². The molecule has 3 rings (SSSR count). The third-order valence-corrected chi connectivity index (χ3v) is 6.64. The highest BCUT2D eigenvalue weighted by molar-refractivity contribution is 7.93. The summed E-state index contributed by atoms with van der Waals surface area (Å²) in [4.78, 5) is 0.219. The number of sulfonamides is 1. The minimum absolute atomic E-state index is 0.0601. The Morgan fingerprint density at radius 1 is 1.25 bits per heavy atom. The van der Waals surface area contributed by atoms with Gasteiger partial charge in [-0.25, -0.2) is 8.42 Å². The molecule has 0 saturated heterocycles. The minimum Gasteiger partial charge on any atom is -0.263 e. The summed E-state index contributed by atoms with van der Waals surface area (Å²) in [6.07, 6.45) is 2.45. The number of para-hydroxylation sites is 1. The fraction of sp³-hybridized carbons (Fsp3) is 0.316. The smallest absolute Gasteiger partial charge is 0.263 e. The van der Waals surface area contributed by atoms with Crippen LogP contribution in [0.3, 0.4) is 0 Å². The number of fused-ring (bicyclic) bond motifs is 1.